The van der Waals surface area contributed by atoms with Crippen LogP contribution in [0.3, 0.4) is 0 Å². The van der Waals surface area contributed by atoms with E-state index in [-0.39, 0.29) is 0 Å². The van der Waals surface area contributed by atoms with E-state index in [9.17, 15) is 0 Å². The summed E-state index contributed by atoms with van der Waals surface area (Å²) >= 11 is 3.69. The molecular formula is C19H19BrN4. The summed E-state index contributed by atoms with van der Waals surface area (Å²) in [6.45, 7) is 7.24. The number of aryl methyl sites for hydroxylation is 4. The van der Waals surface area contributed by atoms with E-state index < -0.39 is 0 Å². The number of pyridine rings is 1. The average molecular weight is 383 g/mol. The lowest BCUT2D eigenvalue weighted by molar-refractivity contribution is 0.768. The standard InChI is InChI=1S/C19H19BrN4/c1-5-24-18-12(3)22-11(2)6-16(18)17-8-14(20)7-15(19(17)24)13-9-21-23(4)10-13/h6-10H,5H2,1-4H3. The smallest absolute Gasteiger partial charge is 0.0707 e. The third-order valence-corrected chi connectivity index (χ3v) is 4.99. The number of hydrogen-bond acceptors (Lipinski definition) is 2. The molecule has 0 fully saturated rings. The molecule has 3 aromatic heterocycles. The Kier molecular flexibility index (Phi) is 3.49. The van der Waals surface area contributed by atoms with Gasteiger partial charge in [0.25, 0.3) is 0 Å². The first-order valence-electron chi connectivity index (χ1n) is 8.08. The Labute approximate surface area is 149 Å². The van der Waals surface area contributed by atoms with Gasteiger partial charge in [0.2, 0.25) is 0 Å². The summed E-state index contributed by atoms with van der Waals surface area (Å²) in [6.07, 6.45) is 3.99. The van der Waals surface area contributed by atoms with Crippen LogP contribution in [0.1, 0.15) is 18.3 Å². The van der Waals surface area contributed by atoms with E-state index in [1.807, 2.05) is 17.9 Å². The van der Waals surface area contributed by atoms with Crippen LogP contribution in [0.5, 0.6) is 0 Å². The SMILES string of the molecule is CCn1c2c(-c3cnn(C)c3)cc(Br)cc2c2cc(C)nc(C)c21. The highest BCUT2D eigenvalue weighted by atomic mass is 79.9. The molecule has 0 radical (unpaired) electrons. The Hall–Kier alpha value is -2.14. The maximum Gasteiger partial charge on any atom is 0.0707 e. The van der Waals surface area contributed by atoms with Crippen molar-refractivity contribution in [3.05, 3.63) is 46.5 Å². The second kappa shape index (κ2) is 5.45. The molecule has 0 amide bonds. The normalized spacial score (nSPS) is 11.7. The van der Waals surface area contributed by atoms with Crippen molar-refractivity contribution in [3.8, 4) is 11.1 Å². The van der Waals surface area contributed by atoms with Gasteiger partial charge in [-0.15, -0.1) is 0 Å². The van der Waals surface area contributed by atoms with Crippen molar-refractivity contribution in [2.45, 2.75) is 27.3 Å². The molecule has 3 heterocycles. The first-order chi connectivity index (χ1) is 11.5. The molecule has 0 unspecified atom stereocenters. The zero-order valence-electron chi connectivity index (χ0n) is 14.3. The summed E-state index contributed by atoms with van der Waals surface area (Å²) in [7, 11) is 1.95. The molecule has 0 N–H and O–H groups in total. The molecule has 0 saturated carbocycles. The average Bonchev–Trinajstić information content (AvgIpc) is 3.08. The van der Waals surface area contributed by atoms with Crippen LogP contribution < -0.4 is 0 Å². The minimum absolute atomic E-state index is 0.903. The van der Waals surface area contributed by atoms with Crippen LogP contribution >= 0.6 is 15.9 Å². The number of rotatable bonds is 2. The van der Waals surface area contributed by atoms with Gasteiger partial charge in [0, 0.05) is 51.9 Å². The summed E-state index contributed by atoms with van der Waals surface area (Å²) in [4.78, 5) is 4.69. The van der Waals surface area contributed by atoms with Crippen LogP contribution in [0.4, 0.5) is 0 Å². The topological polar surface area (TPSA) is 35.6 Å². The van der Waals surface area contributed by atoms with E-state index in [1.165, 1.54) is 27.4 Å². The van der Waals surface area contributed by atoms with Gasteiger partial charge in [0.1, 0.15) is 0 Å². The van der Waals surface area contributed by atoms with Crippen LogP contribution in [0.2, 0.25) is 0 Å². The van der Waals surface area contributed by atoms with E-state index in [0.29, 0.717) is 0 Å². The van der Waals surface area contributed by atoms with E-state index in [2.05, 4.69) is 75.7 Å². The maximum atomic E-state index is 4.69. The molecule has 122 valence electrons. The predicted octanol–water partition coefficient (Wildman–Crippen LogP) is 4.99. The van der Waals surface area contributed by atoms with Gasteiger partial charge in [-0.05, 0) is 39.0 Å². The van der Waals surface area contributed by atoms with Crippen molar-refractivity contribution < 1.29 is 0 Å². The number of fused-ring (bicyclic) bond motifs is 3. The molecule has 0 bridgehead atoms. The second-order valence-electron chi connectivity index (χ2n) is 6.24. The lowest BCUT2D eigenvalue weighted by Gasteiger charge is -2.09. The Morgan fingerprint density at radius 2 is 1.83 bits per heavy atom. The van der Waals surface area contributed by atoms with Gasteiger partial charge >= 0.3 is 0 Å². The van der Waals surface area contributed by atoms with Crippen LogP contribution in [0, 0.1) is 13.8 Å². The first kappa shape index (κ1) is 15.4. The fraction of sp³-hybridized carbons (Fsp3) is 0.263. The second-order valence-corrected chi connectivity index (χ2v) is 7.16. The summed E-state index contributed by atoms with van der Waals surface area (Å²) < 4.78 is 5.30. The van der Waals surface area contributed by atoms with Crippen molar-refractivity contribution in [2.24, 2.45) is 7.05 Å². The maximum absolute atomic E-state index is 4.69. The fourth-order valence-electron chi connectivity index (χ4n) is 3.67. The molecule has 4 rings (SSSR count). The van der Waals surface area contributed by atoms with Gasteiger partial charge in [0.15, 0.2) is 0 Å². The van der Waals surface area contributed by atoms with Crippen molar-refractivity contribution in [1.82, 2.24) is 19.3 Å². The Morgan fingerprint density at radius 3 is 2.50 bits per heavy atom. The molecule has 0 aliphatic heterocycles. The van der Waals surface area contributed by atoms with Gasteiger partial charge in [-0.3, -0.25) is 9.67 Å². The first-order valence-corrected chi connectivity index (χ1v) is 8.87. The minimum atomic E-state index is 0.903. The number of benzene rings is 1. The zero-order chi connectivity index (χ0) is 17.0. The zero-order valence-corrected chi connectivity index (χ0v) is 15.8. The van der Waals surface area contributed by atoms with Crippen molar-refractivity contribution in [3.63, 3.8) is 0 Å². The number of nitrogens with zero attached hydrogens (tertiary/aromatic N) is 4. The van der Waals surface area contributed by atoms with E-state index in [4.69, 9.17) is 0 Å². The van der Waals surface area contributed by atoms with Gasteiger partial charge < -0.3 is 4.57 Å². The third-order valence-electron chi connectivity index (χ3n) is 4.53. The molecule has 0 saturated heterocycles. The monoisotopic (exact) mass is 382 g/mol. The van der Waals surface area contributed by atoms with Crippen LogP contribution in [-0.2, 0) is 13.6 Å². The van der Waals surface area contributed by atoms with Gasteiger partial charge in [-0.1, -0.05) is 15.9 Å². The van der Waals surface area contributed by atoms with Crippen LogP contribution in [0.15, 0.2) is 35.1 Å². The molecule has 0 atom stereocenters. The summed E-state index contributed by atoms with van der Waals surface area (Å²) in [5.41, 5.74) is 6.93. The van der Waals surface area contributed by atoms with Crippen molar-refractivity contribution >= 4 is 37.7 Å². The van der Waals surface area contributed by atoms with Crippen molar-refractivity contribution in [1.29, 1.82) is 0 Å². The largest absolute Gasteiger partial charge is 0.339 e. The molecule has 4 aromatic rings. The number of aromatic nitrogens is 4. The van der Waals surface area contributed by atoms with E-state index in [0.717, 1.165) is 28.0 Å². The Morgan fingerprint density at radius 1 is 1.08 bits per heavy atom. The van der Waals surface area contributed by atoms with Crippen LogP contribution in [-0.4, -0.2) is 19.3 Å². The van der Waals surface area contributed by atoms with Gasteiger partial charge in [0.05, 0.1) is 22.9 Å². The molecule has 4 nitrogen and oxygen atoms in total. The molecule has 24 heavy (non-hydrogen) atoms. The molecular weight excluding hydrogens is 364 g/mol. The van der Waals surface area contributed by atoms with Gasteiger partial charge in [-0.25, -0.2) is 0 Å². The molecule has 0 aliphatic carbocycles. The van der Waals surface area contributed by atoms with Crippen molar-refractivity contribution in [2.75, 3.05) is 0 Å². The summed E-state index contributed by atoms with van der Waals surface area (Å²) in [5.74, 6) is 0. The molecule has 1 aromatic carbocycles. The van der Waals surface area contributed by atoms with Crippen LogP contribution in [0.25, 0.3) is 32.9 Å². The molecule has 0 aliphatic rings. The quantitative estimate of drug-likeness (QED) is 0.489. The molecule has 5 heteroatoms. The predicted molar refractivity (Wildman–Crippen MR) is 102 cm³/mol. The molecule has 0 spiro atoms. The minimum Gasteiger partial charge on any atom is -0.339 e. The summed E-state index contributed by atoms with van der Waals surface area (Å²) in [5, 5.41) is 6.88. The lowest BCUT2D eigenvalue weighted by Crippen LogP contribution is -1.98. The van der Waals surface area contributed by atoms with Gasteiger partial charge in [-0.2, -0.15) is 5.10 Å². The highest BCUT2D eigenvalue weighted by Gasteiger charge is 2.18. The fourth-order valence-corrected chi connectivity index (χ4v) is 4.13. The highest BCUT2D eigenvalue weighted by molar-refractivity contribution is 9.10. The third kappa shape index (κ3) is 2.18. The lowest BCUT2D eigenvalue weighted by atomic mass is 10.0. The number of halogens is 1. The summed E-state index contributed by atoms with van der Waals surface area (Å²) in [6, 6.07) is 6.58. The van der Waals surface area contributed by atoms with E-state index >= 15 is 0 Å². The van der Waals surface area contributed by atoms with E-state index in [1.54, 1.807) is 0 Å². The highest BCUT2D eigenvalue weighted by Crippen LogP contribution is 2.39. The Bertz CT molecular complexity index is 1090. The number of hydrogen-bond donors (Lipinski definition) is 0. The Balaban J connectivity index is 2.24.